The minimum Gasteiger partial charge on any atom is -0.550 e. The molecule has 0 aliphatic heterocycles. The second-order valence-electron chi connectivity index (χ2n) is 16.1. The summed E-state index contributed by atoms with van der Waals surface area (Å²) >= 11 is 0. The minimum absolute atomic E-state index is 0. The summed E-state index contributed by atoms with van der Waals surface area (Å²) in [4.78, 5) is 20.5. The van der Waals surface area contributed by atoms with Crippen LogP contribution in [0.5, 0.6) is 0 Å². The van der Waals surface area contributed by atoms with E-state index < -0.39 is 11.9 Å². The van der Waals surface area contributed by atoms with Gasteiger partial charge in [-0.3, -0.25) is 0 Å². The maximum atomic E-state index is 10.3. The van der Waals surface area contributed by atoms with Crippen LogP contribution in [0.4, 0.5) is 0 Å². The molecular formula is C40H78O4Zn. The fraction of sp³-hybridized carbons (Fsp3) is 0.950. The molecule has 0 aromatic rings. The van der Waals surface area contributed by atoms with Crippen LogP contribution in [-0.2, 0) is 29.1 Å². The monoisotopic (exact) mass is 687 g/mol. The first-order valence-corrected chi connectivity index (χ1v) is 19.2. The van der Waals surface area contributed by atoms with E-state index in [4.69, 9.17) is 0 Å². The Kier molecular flexibility index (Phi) is 38.0. The number of carboxylic acids is 2. The molecule has 0 aromatic heterocycles. The van der Waals surface area contributed by atoms with Crippen molar-refractivity contribution < 1.29 is 39.3 Å². The van der Waals surface area contributed by atoms with E-state index in [0.717, 1.165) is 25.7 Å². The number of unbranched alkanes of at least 4 members (excludes halogenated alkanes) is 24. The summed E-state index contributed by atoms with van der Waals surface area (Å²) in [6, 6.07) is 0. The van der Waals surface area contributed by atoms with Crippen molar-refractivity contribution in [3.05, 3.63) is 0 Å². The Balaban J connectivity index is -0.000000767. The number of hydrogen-bond donors (Lipinski definition) is 0. The van der Waals surface area contributed by atoms with Crippen molar-refractivity contribution in [1.29, 1.82) is 0 Å². The van der Waals surface area contributed by atoms with Crippen LogP contribution in [0.2, 0.25) is 0 Å². The van der Waals surface area contributed by atoms with E-state index in [9.17, 15) is 19.8 Å². The van der Waals surface area contributed by atoms with Crippen molar-refractivity contribution in [3.8, 4) is 0 Å². The van der Waals surface area contributed by atoms with Crippen molar-refractivity contribution in [2.75, 3.05) is 0 Å². The van der Waals surface area contributed by atoms with E-state index in [1.807, 2.05) is 0 Å². The fourth-order valence-electron chi connectivity index (χ4n) is 5.74. The first kappa shape index (κ1) is 49.0. The molecule has 0 amide bonds. The minimum atomic E-state index is -0.904. The Morgan fingerprint density at radius 1 is 0.333 bits per heavy atom. The number of carboxylic acid groups (broad SMARTS) is 2. The number of aliphatic carboxylic acids is 2. The quantitative estimate of drug-likeness (QED) is 0.0556. The molecule has 0 saturated heterocycles. The van der Waals surface area contributed by atoms with E-state index in [-0.39, 0.29) is 32.3 Å². The van der Waals surface area contributed by atoms with Gasteiger partial charge in [0.2, 0.25) is 0 Å². The Morgan fingerprint density at radius 3 is 0.644 bits per heavy atom. The van der Waals surface area contributed by atoms with E-state index in [1.54, 1.807) is 0 Å². The molecule has 0 saturated carbocycles. The van der Waals surface area contributed by atoms with Crippen molar-refractivity contribution >= 4 is 11.9 Å². The average molecular weight is 688 g/mol. The maximum absolute atomic E-state index is 10.3. The molecule has 45 heavy (non-hydrogen) atoms. The zero-order valence-corrected chi connectivity index (χ0v) is 34.5. The Hall–Kier alpha value is -0.437. The Labute approximate surface area is 295 Å². The smallest absolute Gasteiger partial charge is 0.550 e. The Bertz CT molecular complexity index is 567. The summed E-state index contributed by atoms with van der Waals surface area (Å²) in [5, 5.41) is 20.5. The van der Waals surface area contributed by atoms with Crippen LogP contribution in [0.1, 0.15) is 234 Å². The molecule has 0 bridgehead atoms. The predicted molar refractivity (Wildman–Crippen MR) is 187 cm³/mol. The summed E-state index contributed by atoms with van der Waals surface area (Å²) in [5.41, 5.74) is 1.01. The number of carbonyl (C=O) groups is 2. The standard InChI is InChI=1S/2C20H40O2.Zn/c2*1-20(2,3)18-16-14-12-10-8-6-4-5-7-9-11-13-15-17-19(21)22;/h2*4-18H2,1-3H3,(H,21,22);/q;;+2/p-2. The van der Waals surface area contributed by atoms with Gasteiger partial charge in [-0.25, -0.2) is 0 Å². The van der Waals surface area contributed by atoms with Crippen LogP contribution >= 0.6 is 0 Å². The molecule has 0 radical (unpaired) electrons. The topological polar surface area (TPSA) is 80.3 Å². The van der Waals surface area contributed by atoms with Crippen LogP contribution in [0.25, 0.3) is 0 Å². The van der Waals surface area contributed by atoms with Gasteiger partial charge >= 0.3 is 19.5 Å². The number of carbonyl (C=O) groups excluding carboxylic acids is 2. The second kappa shape index (κ2) is 34.9. The molecule has 0 aromatic carbocycles. The first-order valence-electron chi connectivity index (χ1n) is 19.2. The third kappa shape index (κ3) is 53.3. The summed E-state index contributed by atoms with van der Waals surface area (Å²) in [6.07, 6.45) is 36.7. The molecule has 5 heteroatoms. The molecule has 264 valence electrons. The third-order valence-electron chi connectivity index (χ3n) is 8.62. The van der Waals surface area contributed by atoms with Gasteiger partial charge < -0.3 is 19.8 Å². The Morgan fingerprint density at radius 2 is 0.489 bits per heavy atom. The zero-order chi connectivity index (χ0) is 33.4. The average Bonchev–Trinajstić information content (AvgIpc) is 2.92. The molecule has 0 N–H and O–H groups in total. The maximum Gasteiger partial charge on any atom is 2.00 e. The van der Waals surface area contributed by atoms with Gasteiger partial charge in [0.05, 0.1) is 0 Å². The molecule has 0 fully saturated rings. The molecule has 0 spiro atoms. The van der Waals surface area contributed by atoms with Crippen LogP contribution in [0, 0.1) is 10.8 Å². The van der Waals surface area contributed by atoms with E-state index in [2.05, 4.69) is 41.5 Å². The first-order chi connectivity index (χ1) is 20.8. The van der Waals surface area contributed by atoms with Gasteiger partial charge in [-0.05, 0) is 49.4 Å². The summed E-state index contributed by atoms with van der Waals surface area (Å²) in [5.74, 6) is -1.81. The van der Waals surface area contributed by atoms with Gasteiger partial charge in [0.1, 0.15) is 0 Å². The molecule has 0 aliphatic rings. The van der Waals surface area contributed by atoms with E-state index in [0.29, 0.717) is 10.8 Å². The molecule has 0 aliphatic carbocycles. The molecule has 0 heterocycles. The third-order valence-corrected chi connectivity index (χ3v) is 8.62. The van der Waals surface area contributed by atoms with Gasteiger partial charge in [-0.1, -0.05) is 196 Å². The van der Waals surface area contributed by atoms with Gasteiger partial charge in [-0.15, -0.1) is 0 Å². The number of hydrogen-bond acceptors (Lipinski definition) is 4. The molecular weight excluding hydrogens is 610 g/mol. The van der Waals surface area contributed by atoms with Crippen LogP contribution in [0.3, 0.4) is 0 Å². The summed E-state index contributed by atoms with van der Waals surface area (Å²) < 4.78 is 0. The van der Waals surface area contributed by atoms with Gasteiger partial charge in [0.25, 0.3) is 0 Å². The largest absolute Gasteiger partial charge is 2.00 e. The molecule has 4 nitrogen and oxygen atoms in total. The molecule has 0 unspecified atom stereocenters. The van der Waals surface area contributed by atoms with Crippen molar-refractivity contribution in [1.82, 2.24) is 0 Å². The predicted octanol–water partition coefficient (Wildman–Crippen LogP) is 11.3. The normalized spacial score (nSPS) is 11.5. The van der Waals surface area contributed by atoms with Crippen molar-refractivity contribution in [2.24, 2.45) is 10.8 Å². The second-order valence-corrected chi connectivity index (χ2v) is 16.1. The molecule has 0 atom stereocenters. The van der Waals surface area contributed by atoms with Gasteiger partial charge in [0.15, 0.2) is 0 Å². The van der Waals surface area contributed by atoms with Gasteiger partial charge in [-0.2, -0.15) is 0 Å². The van der Waals surface area contributed by atoms with E-state index >= 15 is 0 Å². The number of rotatable bonds is 30. The van der Waals surface area contributed by atoms with Crippen LogP contribution in [0.15, 0.2) is 0 Å². The van der Waals surface area contributed by atoms with Crippen molar-refractivity contribution in [3.63, 3.8) is 0 Å². The van der Waals surface area contributed by atoms with E-state index in [1.165, 1.54) is 154 Å². The summed E-state index contributed by atoms with van der Waals surface area (Å²) in [6.45, 7) is 14.0. The fourth-order valence-corrected chi connectivity index (χ4v) is 5.74. The van der Waals surface area contributed by atoms with Crippen LogP contribution < -0.4 is 10.2 Å². The SMILES string of the molecule is CC(C)(C)CCCCCCCCCCCCCCCC(=O)[O-].CC(C)(C)CCCCCCCCCCCCCCCC(=O)[O-].[Zn+2]. The molecule has 0 rings (SSSR count). The van der Waals surface area contributed by atoms with Crippen molar-refractivity contribution in [2.45, 2.75) is 234 Å². The zero-order valence-electron chi connectivity index (χ0n) is 31.6. The van der Waals surface area contributed by atoms with Crippen LogP contribution in [-0.4, -0.2) is 11.9 Å². The summed E-state index contributed by atoms with van der Waals surface area (Å²) in [7, 11) is 0. The van der Waals surface area contributed by atoms with Gasteiger partial charge in [0, 0.05) is 11.9 Å².